The summed E-state index contributed by atoms with van der Waals surface area (Å²) in [5, 5.41) is 2.74. The molecule has 2 amide bonds. The summed E-state index contributed by atoms with van der Waals surface area (Å²) in [6, 6.07) is 13.0. The molecule has 0 aromatic heterocycles. The average Bonchev–Trinajstić information content (AvgIpc) is 3.11. The molecule has 1 saturated heterocycles. The van der Waals surface area contributed by atoms with Crippen molar-refractivity contribution in [2.45, 2.75) is 25.3 Å². The van der Waals surface area contributed by atoms with Crippen LogP contribution in [0.15, 0.2) is 46.9 Å². The molecule has 152 valence electrons. The number of hydrogen-bond donors (Lipinski definition) is 1. The van der Waals surface area contributed by atoms with Crippen LogP contribution in [0.2, 0.25) is 0 Å². The molecule has 1 atom stereocenters. The van der Waals surface area contributed by atoms with Crippen LogP contribution in [-0.4, -0.2) is 43.0 Å². The molecule has 29 heavy (non-hydrogen) atoms. The van der Waals surface area contributed by atoms with E-state index in [4.69, 9.17) is 9.47 Å². The molecule has 4 rings (SSSR count). The number of ether oxygens (including phenoxy) is 2. The van der Waals surface area contributed by atoms with Crippen molar-refractivity contribution < 1.29 is 19.1 Å². The van der Waals surface area contributed by atoms with Gasteiger partial charge in [0.1, 0.15) is 0 Å². The third-order valence-corrected chi connectivity index (χ3v) is 5.76. The highest BCUT2D eigenvalue weighted by Gasteiger charge is 2.30. The van der Waals surface area contributed by atoms with Gasteiger partial charge in [0, 0.05) is 23.0 Å². The van der Waals surface area contributed by atoms with Crippen LogP contribution in [0, 0.1) is 0 Å². The molecular formula is C22H23BrN2O4. The summed E-state index contributed by atoms with van der Waals surface area (Å²) >= 11 is 3.35. The minimum absolute atomic E-state index is 0.00997. The lowest BCUT2D eigenvalue weighted by Gasteiger charge is -2.26. The lowest BCUT2D eigenvalue weighted by molar-refractivity contribution is -0.131. The van der Waals surface area contributed by atoms with Crippen LogP contribution in [0.5, 0.6) is 11.5 Å². The van der Waals surface area contributed by atoms with Crippen LogP contribution in [0.4, 0.5) is 0 Å². The van der Waals surface area contributed by atoms with Crippen LogP contribution >= 0.6 is 15.9 Å². The number of nitrogens with zero attached hydrogens (tertiary/aromatic N) is 1. The molecule has 1 fully saturated rings. The zero-order chi connectivity index (χ0) is 20.2. The van der Waals surface area contributed by atoms with Gasteiger partial charge in [-0.1, -0.05) is 22.0 Å². The number of carbonyl (C=O) groups excluding carboxylic acids is 2. The van der Waals surface area contributed by atoms with Crippen molar-refractivity contribution in [3.05, 3.63) is 58.1 Å². The van der Waals surface area contributed by atoms with Gasteiger partial charge in [0.2, 0.25) is 5.91 Å². The van der Waals surface area contributed by atoms with Crippen LogP contribution in [0.25, 0.3) is 0 Å². The topological polar surface area (TPSA) is 67.9 Å². The molecule has 0 spiro atoms. The first-order valence-corrected chi connectivity index (χ1v) is 10.6. The van der Waals surface area contributed by atoms with Crippen molar-refractivity contribution in [2.75, 3.05) is 26.3 Å². The summed E-state index contributed by atoms with van der Waals surface area (Å²) in [6.45, 7) is 1.95. The molecule has 2 aliphatic heterocycles. The van der Waals surface area contributed by atoms with Gasteiger partial charge in [0.25, 0.3) is 5.91 Å². The summed E-state index contributed by atoms with van der Waals surface area (Å²) in [4.78, 5) is 27.0. The van der Waals surface area contributed by atoms with E-state index in [0.29, 0.717) is 25.3 Å². The Morgan fingerprint density at radius 3 is 2.59 bits per heavy atom. The second-order valence-corrected chi connectivity index (χ2v) is 8.11. The Bertz CT molecular complexity index is 900. The van der Waals surface area contributed by atoms with Crippen LogP contribution in [-0.2, 0) is 4.79 Å². The van der Waals surface area contributed by atoms with Gasteiger partial charge in [-0.15, -0.1) is 0 Å². The Labute approximate surface area is 178 Å². The molecule has 2 heterocycles. The fraction of sp³-hybridized carbons (Fsp3) is 0.364. The average molecular weight is 459 g/mol. The maximum atomic E-state index is 12.8. The Kier molecular flexibility index (Phi) is 6.04. The summed E-state index contributed by atoms with van der Waals surface area (Å²) < 4.78 is 12.4. The molecule has 2 aliphatic rings. The number of likely N-dealkylation sites (tertiary alicyclic amines) is 1. The molecule has 1 N–H and O–H groups in total. The van der Waals surface area contributed by atoms with Gasteiger partial charge in [-0.2, -0.15) is 0 Å². The first-order chi connectivity index (χ1) is 14.1. The van der Waals surface area contributed by atoms with E-state index in [9.17, 15) is 9.59 Å². The van der Waals surface area contributed by atoms with Gasteiger partial charge in [-0.05, 0) is 54.8 Å². The highest BCUT2D eigenvalue weighted by Crippen LogP contribution is 2.37. The molecule has 0 aliphatic carbocycles. The SMILES string of the molecule is O=C(NCC(=O)N1CCCC1c1ccc2c(c1)OCCCO2)c1ccc(Br)cc1. The van der Waals surface area contributed by atoms with Gasteiger partial charge < -0.3 is 19.7 Å². The quantitative estimate of drug-likeness (QED) is 0.757. The molecule has 6 nitrogen and oxygen atoms in total. The molecule has 2 aromatic carbocycles. The Morgan fingerprint density at radius 1 is 1.03 bits per heavy atom. The first-order valence-electron chi connectivity index (χ1n) is 9.84. The minimum atomic E-state index is -0.253. The summed E-state index contributed by atoms with van der Waals surface area (Å²) in [5.74, 6) is 1.16. The Balaban J connectivity index is 1.41. The van der Waals surface area contributed by atoms with E-state index in [2.05, 4.69) is 21.2 Å². The van der Waals surface area contributed by atoms with Crippen LogP contribution < -0.4 is 14.8 Å². The maximum Gasteiger partial charge on any atom is 0.251 e. The smallest absolute Gasteiger partial charge is 0.251 e. The highest BCUT2D eigenvalue weighted by atomic mass is 79.9. The molecule has 2 aromatic rings. The number of hydrogen-bond acceptors (Lipinski definition) is 4. The molecule has 7 heteroatoms. The number of carbonyl (C=O) groups is 2. The first kappa shape index (κ1) is 19.8. The fourth-order valence-electron chi connectivity index (χ4n) is 3.76. The second kappa shape index (κ2) is 8.86. The molecule has 0 radical (unpaired) electrons. The van der Waals surface area contributed by atoms with Crippen molar-refractivity contribution in [3.63, 3.8) is 0 Å². The standard InChI is InChI=1S/C22H23BrN2O4/c23-17-7-4-15(5-8-17)22(27)24-14-21(26)25-10-1-3-18(25)16-6-9-19-20(13-16)29-12-2-11-28-19/h4-9,13,18H,1-3,10-12,14H2,(H,24,27). The Hall–Kier alpha value is -2.54. The highest BCUT2D eigenvalue weighted by molar-refractivity contribution is 9.10. The molecule has 0 saturated carbocycles. The third kappa shape index (κ3) is 4.56. The van der Waals surface area contributed by atoms with Crippen LogP contribution in [0.3, 0.4) is 0 Å². The van der Waals surface area contributed by atoms with E-state index in [1.165, 1.54) is 0 Å². The van der Waals surface area contributed by atoms with Gasteiger partial charge in [0.15, 0.2) is 11.5 Å². The van der Waals surface area contributed by atoms with Crippen LogP contribution in [0.1, 0.15) is 41.2 Å². The van der Waals surface area contributed by atoms with Gasteiger partial charge >= 0.3 is 0 Å². The summed E-state index contributed by atoms with van der Waals surface area (Å²) in [7, 11) is 0. The van der Waals surface area contributed by atoms with E-state index >= 15 is 0 Å². The summed E-state index contributed by atoms with van der Waals surface area (Å²) in [5.41, 5.74) is 1.57. The predicted molar refractivity (Wildman–Crippen MR) is 112 cm³/mol. The van der Waals surface area contributed by atoms with E-state index in [-0.39, 0.29) is 24.4 Å². The minimum Gasteiger partial charge on any atom is -0.490 e. The molecule has 1 unspecified atom stereocenters. The Morgan fingerprint density at radius 2 is 1.79 bits per heavy atom. The van der Waals surface area contributed by atoms with E-state index in [0.717, 1.165) is 40.8 Å². The fourth-order valence-corrected chi connectivity index (χ4v) is 4.02. The summed E-state index contributed by atoms with van der Waals surface area (Å²) in [6.07, 6.45) is 2.69. The monoisotopic (exact) mass is 458 g/mol. The third-order valence-electron chi connectivity index (χ3n) is 5.24. The largest absolute Gasteiger partial charge is 0.490 e. The molecular weight excluding hydrogens is 436 g/mol. The second-order valence-electron chi connectivity index (χ2n) is 7.19. The van der Waals surface area contributed by atoms with E-state index in [1.54, 1.807) is 24.3 Å². The number of rotatable bonds is 4. The van der Waals surface area contributed by atoms with E-state index < -0.39 is 0 Å². The number of halogens is 1. The lowest BCUT2D eigenvalue weighted by Crippen LogP contribution is -2.39. The molecule has 0 bridgehead atoms. The zero-order valence-corrected chi connectivity index (χ0v) is 17.6. The van der Waals surface area contributed by atoms with Gasteiger partial charge in [-0.3, -0.25) is 9.59 Å². The lowest BCUT2D eigenvalue weighted by atomic mass is 10.0. The number of fused-ring (bicyclic) bond motifs is 1. The van der Waals surface area contributed by atoms with Gasteiger partial charge in [-0.25, -0.2) is 0 Å². The number of nitrogens with one attached hydrogen (secondary N) is 1. The van der Waals surface area contributed by atoms with Crippen molar-refractivity contribution in [1.29, 1.82) is 0 Å². The van der Waals surface area contributed by atoms with Crippen molar-refractivity contribution in [2.24, 2.45) is 0 Å². The van der Waals surface area contributed by atoms with Crippen molar-refractivity contribution >= 4 is 27.7 Å². The number of benzene rings is 2. The normalized spacial score (nSPS) is 18.2. The predicted octanol–water partition coefficient (Wildman–Crippen LogP) is 3.70. The van der Waals surface area contributed by atoms with E-state index in [1.807, 2.05) is 23.1 Å². The van der Waals surface area contributed by atoms with Crippen molar-refractivity contribution in [3.8, 4) is 11.5 Å². The van der Waals surface area contributed by atoms with Crippen molar-refractivity contribution in [1.82, 2.24) is 10.2 Å². The van der Waals surface area contributed by atoms with Gasteiger partial charge in [0.05, 0.1) is 25.8 Å². The number of amides is 2. The zero-order valence-electron chi connectivity index (χ0n) is 16.0. The maximum absolute atomic E-state index is 12.8.